The average Bonchev–Trinajstić information content (AvgIpc) is 2.82. The first-order valence-electron chi connectivity index (χ1n) is 5.94. The van der Waals surface area contributed by atoms with Crippen LogP contribution in [-0.2, 0) is 0 Å². The Hall–Kier alpha value is -2.56. The van der Waals surface area contributed by atoms with Crippen LogP contribution in [0.2, 0.25) is 0 Å². The minimum atomic E-state index is 0.665. The van der Waals surface area contributed by atoms with Crippen LogP contribution in [0.25, 0.3) is 22.3 Å². The molecule has 0 spiro atoms. The van der Waals surface area contributed by atoms with Crippen molar-refractivity contribution >= 4 is 16.7 Å². The van der Waals surface area contributed by atoms with Crippen LogP contribution in [-0.4, -0.2) is 22.3 Å². The van der Waals surface area contributed by atoms with Crippen LogP contribution in [0.1, 0.15) is 5.69 Å². The number of pyridine rings is 1. The molecule has 0 unspecified atom stereocenters. The predicted octanol–water partition coefficient (Wildman–Crippen LogP) is 2.52. The van der Waals surface area contributed by atoms with Crippen molar-refractivity contribution in [2.45, 2.75) is 6.92 Å². The third kappa shape index (κ3) is 1.89. The number of aromatic amines is 1. The number of aromatic nitrogens is 3. The number of rotatable bonds is 2. The van der Waals surface area contributed by atoms with Crippen molar-refractivity contribution in [3.8, 4) is 17.0 Å². The van der Waals surface area contributed by atoms with Gasteiger partial charge in [-0.05, 0) is 25.1 Å². The number of benzene rings is 1. The highest BCUT2D eigenvalue weighted by Gasteiger charge is 2.11. The van der Waals surface area contributed by atoms with Crippen molar-refractivity contribution in [3.05, 3.63) is 36.0 Å². The Bertz CT molecular complexity index is 748. The van der Waals surface area contributed by atoms with E-state index in [1.165, 1.54) is 0 Å². The van der Waals surface area contributed by atoms with E-state index < -0.39 is 0 Å². The lowest BCUT2D eigenvalue weighted by Crippen LogP contribution is -1.92. The smallest absolute Gasteiger partial charge is 0.181 e. The number of ether oxygens (including phenoxy) is 1. The van der Waals surface area contributed by atoms with E-state index in [-0.39, 0.29) is 0 Å². The van der Waals surface area contributed by atoms with Crippen LogP contribution >= 0.6 is 0 Å². The normalized spacial score (nSPS) is 10.8. The molecule has 0 radical (unpaired) electrons. The van der Waals surface area contributed by atoms with Crippen molar-refractivity contribution in [2.75, 3.05) is 12.8 Å². The van der Waals surface area contributed by atoms with Crippen LogP contribution < -0.4 is 10.5 Å². The van der Waals surface area contributed by atoms with Gasteiger partial charge in [0.05, 0.1) is 24.2 Å². The van der Waals surface area contributed by atoms with E-state index >= 15 is 0 Å². The molecule has 5 heteroatoms. The molecule has 3 rings (SSSR count). The molecular weight excluding hydrogens is 240 g/mol. The van der Waals surface area contributed by atoms with Crippen molar-refractivity contribution in [1.82, 2.24) is 15.2 Å². The minimum absolute atomic E-state index is 0.665. The summed E-state index contributed by atoms with van der Waals surface area (Å²) in [7, 11) is 1.65. The van der Waals surface area contributed by atoms with Gasteiger partial charge in [0, 0.05) is 10.9 Å². The highest BCUT2D eigenvalue weighted by molar-refractivity contribution is 5.93. The van der Waals surface area contributed by atoms with Gasteiger partial charge >= 0.3 is 0 Å². The number of nitrogens with two attached hydrogens (primary N) is 1. The molecule has 0 aliphatic rings. The largest absolute Gasteiger partial charge is 0.497 e. The predicted molar refractivity (Wildman–Crippen MR) is 75.0 cm³/mol. The molecule has 2 heterocycles. The zero-order valence-electron chi connectivity index (χ0n) is 10.8. The number of hydrogen-bond acceptors (Lipinski definition) is 4. The molecule has 5 nitrogen and oxygen atoms in total. The number of aryl methyl sites for hydroxylation is 1. The first kappa shape index (κ1) is 11.5. The highest BCUT2D eigenvalue weighted by atomic mass is 16.5. The van der Waals surface area contributed by atoms with Gasteiger partial charge in [0.2, 0.25) is 0 Å². The van der Waals surface area contributed by atoms with Gasteiger partial charge in [-0.3, -0.25) is 5.10 Å². The minimum Gasteiger partial charge on any atom is -0.497 e. The Balaban J connectivity index is 2.22. The lowest BCUT2D eigenvalue weighted by atomic mass is 10.1. The third-order valence-electron chi connectivity index (χ3n) is 3.13. The maximum atomic E-state index is 5.92. The number of fused-ring (bicyclic) bond motifs is 1. The van der Waals surface area contributed by atoms with E-state index in [1.54, 1.807) is 7.11 Å². The molecule has 0 aliphatic carbocycles. The Labute approximate surface area is 110 Å². The van der Waals surface area contributed by atoms with Crippen LogP contribution in [0.5, 0.6) is 5.75 Å². The summed E-state index contributed by atoms with van der Waals surface area (Å²) < 4.78 is 5.23. The molecule has 0 bridgehead atoms. The van der Waals surface area contributed by atoms with Crippen LogP contribution in [0.3, 0.4) is 0 Å². The van der Waals surface area contributed by atoms with Crippen LogP contribution in [0.4, 0.5) is 5.69 Å². The molecule has 3 N–H and O–H groups in total. The maximum absolute atomic E-state index is 5.92. The molecule has 0 aliphatic heterocycles. The summed E-state index contributed by atoms with van der Waals surface area (Å²) in [6.45, 7) is 1.87. The molecule has 19 heavy (non-hydrogen) atoms. The number of anilines is 1. The maximum Gasteiger partial charge on any atom is 0.181 e. The number of H-pyrrole nitrogens is 1. The third-order valence-corrected chi connectivity index (χ3v) is 3.13. The molecule has 0 saturated heterocycles. The summed E-state index contributed by atoms with van der Waals surface area (Å²) in [4.78, 5) is 4.37. The number of hydrogen-bond donors (Lipinski definition) is 2. The van der Waals surface area contributed by atoms with Crippen LogP contribution in [0.15, 0.2) is 30.3 Å². The molecule has 0 saturated carbocycles. The molecule has 1 aromatic carbocycles. The van der Waals surface area contributed by atoms with Gasteiger partial charge in [0.25, 0.3) is 0 Å². The zero-order valence-corrected chi connectivity index (χ0v) is 10.8. The summed E-state index contributed by atoms with van der Waals surface area (Å²) in [5.74, 6) is 0.799. The number of nitrogens with zero attached hydrogens (tertiary/aromatic N) is 2. The quantitative estimate of drug-likeness (QED) is 0.736. The van der Waals surface area contributed by atoms with Gasteiger partial charge in [0.1, 0.15) is 5.75 Å². The fraction of sp³-hybridized carbons (Fsp3) is 0.143. The summed E-state index contributed by atoms with van der Waals surface area (Å²) in [5, 5.41) is 8.15. The first-order chi connectivity index (χ1) is 9.19. The van der Waals surface area contributed by atoms with Crippen LogP contribution in [0, 0.1) is 6.92 Å². The Morgan fingerprint density at radius 2 is 2.11 bits per heavy atom. The number of nitrogen functional groups attached to an aromatic ring is 1. The lowest BCUT2D eigenvalue weighted by molar-refractivity contribution is 0.415. The fourth-order valence-corrected chi connectivity index (χ4v) is 2.05. The van der Waals surface area contributed by atoms with Crippen molar-refractivity contribution in [3.63, 3.8) is 0 Å². The summed E-state index contributed by atoms with van der Waals surface area (Å²) in [5.41, 5.74) is 9.93. The summed E-state index contributed by atoms with van der Waals surface area (Å²) in [6, 6.07) is 9.68. The average molecular weight is 254 g/mol. The second kappa shape index (κ2) is 4.28. The molecule has 96 valence electrons. The Kier molecular flexibility index (Phi) is 2.59. The number of nitrogens with one attached hydrogen (secondary N) is 1. The second-order valence-corrected chi connectivity index (χ2v) is 4.36. The molecule has 2 aromatic heterocycles. The fourth-order valence-electron chi connectivity index (χ4n) is 2.05. The second-order valence-electron chi connectivity index (χ2n) is 4.36. The first-order valence-corrected chi connectivity index (χ1v) is 5.94. The number of methoxy groups -OCH3 is 1. The van der Waals surface area contributed by atoms with Crippen molar-refractivity contribution < 1.29 is 4.74 Å². The Morgan fingerprint density at radius 1 is 1.26 bits per heavy atom. The van der Waals surface area contributed by atoms with Gasteiger partial charge in [-0.15, -0.1) is 0 Å². The van der Waals surface area contributed by atoms with Gasteiger partial charge in [-0.25, -0.2) is 4.98 Å². The molecular formula is C14H14N4O. The summed E-state index contributed by atoms with van der Waals surface area (Å²) >= 11 is 0. The monoisotopic (exact) mass is 254 g/mol. The van der Waals surface area contributed by atoms with E-state index in [4.69, 9.17) is 10.5 Å². The molecule has 0 amide bonds. The van der Waals surface area contributed by atoms with Crippen molar-refractivity contribution in [2.24, 2.45) is 0 Å². The SMILES string of the molecule is COc1cccc(-c2[nH]nc3nc(C)c(N)cc23)c1. The van der Waals surface area contributed by atoms with Gasteiger partial charge in [-0.2, -0.15) is 5.10 Å². The van der Waals surface area contributed by atoms with Gasteiger partial charge in [-0.1, -0.05) is 12.1 Å². The Morgan fingerprint density at radius 3 is 2.89 bits per heavy atom. The van der Waals surface area contributed by atoms with E-state index in [0.717, 1.165) is 28.1 Å². The van der Waals surface area contributed by atoms with E-state index in [9.17, 15) is 0 Å². The molecule has 0 atom stereocenters. The van der Waals surface area contributed by atoms with E-state index in [2.05, 4.69) is 15.2 Å². The standard InChI is InChI=1S/C14H14N4O/c1-8-12(15)7-11-13(17-18-14(11)16-8)9-4-3-5-10(6-9)19-2/h3-7H,15H2,1-2H3,(H,16,17,18). The van der Waals surface area contributed by atoms with Crippen molar-refractivity contribution in [1.29, 1.82) is 0 Å². The molecule has 0 fully saturated rings. The van der Waals surface area contributed by atoms with E-state index in [0.29, 0.717) is 11.3 Å². The molecule has 3 aromatic rings. The summed E-state index contributed by atoms with van der Waals surface area (Å²) in [6.07, 6.45) is 0. The topological polar surface area (TPSA) is 76.8 Å². The van der Waals surface area contributed by atoms with E-state index in [1.807, 2.05) is 37.3 Å². The lowest BCUT2D eigenvalue weighted by Gasteiger charge is -2.03. The van der Waals surface area contributed by atoms with Gasteiger partial charge in [0.15, 0.2) is 5.65 Å². The highest BCUT2D eigenvalue weighted by Crippen LogP contribution is 2.29. The van der Waals surface area contributed by atoms with Gasteiger partial charge < -0.3 is 10.5 Å². The zero-order chi connectivity index (χ0) is 13.4.